The summed E-state index contributed by atoms with van der Waals surface area (Å²) in [4.78, 5) is 11.1. The Morgan fingerprint density at radius 2 is 2.18 bits per heavy atom. The van der Waals surface area contributed by atoms with E-state index in [0.29, 0.717) is 19.6 Å². The van der Waals surface area contributed by atoms with Gasteiger partial charge in [0.25, 0.3) is 0 Å². The van der Waals surface area contributed by atoms with Gasteiger partial charge in [-0.2, -0.15) is 0 Å². The molecule has 1 aliphatic rings. The number of carboxylic acid groups (broad SMARTS) is 1. The van der Waals surface area contributed by atoms with Crippen LogP contribution in [0.1, 0.15) is 25.0 Å². The lowest BCUT2D eigenvalue weighted by Gasteiger charge is -2.15. The molecule has 2 unspecified atom stereocenters. The summed E-state index contributed by atoms with van der Waals surface area (Å²) in [5.41, 5.74) is 0.901. The molecule has 2 rings (SSSR count). The molecule has 0 aromatic heterocycles. The number of rotatable bonds is 4. The first-order valence-corrected chi connectivity index (χ1v) is 5.79. The van der Waals surface area contributed by atoms with Gasteiger partial charge in [-0.3, -0.25) is 4.79 Å². The van der Waals surface area contributed by atoms with Crippen molar-refractivity contribution >= 4 is 5.97 Å². The molecule has 0 saturated carbocycles. The Morgan fingerprint density at radius 1 is 1.47 bits per heavy atom. The molecular weight excluding hydrogens is 220 g/mol. The second kappa shape index (κ2) is 5.19. The fourth-order valence-electron chi connectivity index (χ4n) is 2.09. The number of carboxylic acids is 1. The van der Waals surface area contributed by atoms with Crippen molar-refractivity contribution in [2.24, 2.45) is 5.92 Å². The maximum Gasteiger partial charge on any atom is 0.309 e. The first kappa shape index (κ1) is 11.9. The number of benzene rings is 1. The maximum absolute atomic E-state index is 11.1. The van der Waals surface area contributed by atoms with Crippen LogP contribution in [0.15, 0.2) is 24.3 Å². The number of hydrogen-bond acceptors (Lipinski definition) is 3. The second-order valence-electron chi connectivity index (χ2n) is 4.03. The zero-order chi connectivity index (χ0) is 12.3. The van der Waals surface area contributed by atoms with Crippen LogP contribution in [0.25, 0.3) is 0 Å². The van der Waals surface area contributed by atoms with Crippen molar-refractivity contribution in [2.75, 3.05) is 13.2 Å². The summed E-state index contributed by atoms with van der Waals surface area (Å²) in [5, 5.41) is 9.08. The van der Waals surface area contributed by atoms with Crippen LogP contribution in [0.3, 0.4) is 0 Å². The molecule has 1 saturated heterocycles. The van der Waals surface area contributed by atoms with E-state index < -0.39 is 11.9 Å². The number of hydrogen-bond donors (Lipinski definition) is 1. The van der Waals surface area contributed by atoms with Gasteiger partial charge < -0.3 is 14.6 Å². The highest BCUT2D eigenvalue weighted by Crippen LogP contribution is 2.35. The first-order valence-electron chi connectivity index (χ1n) is 5.79. The molecule has 0 spiro atoms. The van der Waals surface area contributed by atoms with Gasteiger partial charge in [0.15, 0.2) is 0 Å². The van der Waals surface area contributed by atoms with Crippen molar-refractivity contribution in [2.45, 2.75) is 19.4 Å². The van der Waals surface area contributed by atoms with E-state index in [-0.39, 0.29) is 6.10 Å². The molecule has 92 valence electrons. The van der Waals surface area contributed by atoms with E-state index in [4.69, 9.17) is 14.6 Å². The molecule has 0 aliphatic carbocycles. The van der Waals surface area contributed by atoms with Gasteiger partial charge in [-0.05, 0) is 31.0 Å². The average molecular weight is 236 g/mol. The van der Waals surface area contributed by atoms with Gasteiger partial charge >= 0.3 is 5.97 Å². The summed E-state index contributed by atoms with van der Waals surface area (Å²) in [6.45, 7) is 3.06. The molecule has 1 aromatic rings. The Labute approximate surface area is 100 Å². The van der Waals surface area contributed by atoms with Gasteiger partial charge in [0.2, 0.25) is 0 Å². The van der Waals surface area contributed by atoms with Gasteiger partial charge in [0.05, 0.1) is 18.6 Å². The molecule has 4 nitrogen and oxygen atoms in total. The van der Waals surface area contributed by atoms with Crippen molar-refractivity contribution < 1.29 is 19.4 Å². The topological polar surface area (TPSA) is 55.8 Å². The van der Waals surface area contributed by atoms with E-state index in [1.54, 1.807) is 0 Å². The third-order valence-corrected chi connectivity index (χ3v) is 2.93. The molecule has 1 aromatic carbocycles. The predicted molar refractivity (Wildman–Crippen MR) is 62.0 cm³/mol. The monoisotopic (exact) mass is 236 g/mol. The summed E-state index contributed by atoms with van der Waals surface area (Å²) in [6, 6.07) is 7.44. The third-order valence-electron chi connectivity index (χ3n) is 2.93. The lowest BCUT2D eigenvalue weighted by atomic mass is 9.95. The quantitative estimate of drug-likeness (QED) is 0.871. The Hall–Kier alpha value is -1.55. The highest BCUT2D eigenvalue weighted by Gasteiger charge is 2.34. The lowest BCUT2D eigenvalue weighted by molar-refractivity contribution is -0.143. The van der Waals surface area contributed by atoms with Crippen LogP contribution in [0.2, 0.25) is 0 Å². The molecule has 0 amide bonds. The van der Waals surface area contributed by atoms with Crippen molar-refractivity contribution in [3.05, 3.63) is 29.8 Å². The Balaban J connectivity index is 2.13. The van der Waals surface area contributed by atoms with Gasteiger partial charge in [0.1, 0.15) is 5.75 Å². The van der Waals surface area contributed by atoms with Gasteiger partial charge in [-0.15, -0.1) is 0 Å². The molecule has 4 heteroatoms. The van der Waals surface area contributed by atoms with Crippen LogP contribution in [0, 0.1) is 5.92 Å². The minimum atomic E-state index is -0.790. The number of ether oxygens (including phenoxy) is 2. The Kier molecular flexibility index (Phi) is 3.64. The summed E-state index contributed by atoms with van der Waals surface area (Å²) >= 11 is 0. The zero-order valence-electron chi connectivity index (χ0n) is 9.76. The zero-order valence-corrected chi connectivity index (χ0v) is 9.76. The third kappa shape index (κ3) is 2.58. The minimum absolute atomic E-state index is 0.330. The second-order valence-corrected chi connectivity index (χ2v) is 4.03. The van der Waals surface area contributed by atoms with E-state index in [0.717, 1.165) is 11.3 Å². The van der Waals surface area contributed by atoms with E-state index in [2.05, 4.69) is 0 Å². The lowest BCUT2D eigenvalue weighted by Crippen LogP contribution is -2.17. The van der Waals surface area contributed by atoms with Crippen LogP contribution in [-0.4, -0.2) is 24.3 Å². The van der Waals surface area contributed by atoms with E-state index in [9.17, 15) is 4.79 Å². The highest BCUT2D eigenvalue weighted by molar-refractivity contribution is 5.71. The molecule has 1 N–H and O–H groups in total. The summed E-state index contributed by atoms with van der Waals surface area (Å²) < 4.78 is 10.8. The van der Waals surface area contributed by atoms with Crippen molar-refractivity contribution in [3.8, 4) is 5.75 Å². The van der Waals surface area contributed by atoms with Gasteiger partial charge in [0, 0.05) is 6.61 Å². The summed E-state index contributed by atoms with van der Waals surface area (Å²) in [7, 11) is 0. The van der Waals surface area contributed by atoms with Crippen LogP contribution in [0.4, 0.5) is 0 Å². The standard InChI is InChI=1S/C13H16O4/c1-2-16-10-5-3-9(4-6-10)12-11(13(14)15)7-8-17-12/h3-6,11-12H,2,7-8H2,1H3,(H,14,15). The molecule has 1 fully saturated rings. The average Bonchev–Trinajstić information content (AvgIpc) is 2.79. The molecule has 17 heavy (non-hydrogen) atoms. The molecule has 0 bridgehead atoms. The smallest absolute Gasteiger partial charge is 0.309 e. The Morgan fingerprint density at radius 3 is 2.76 bits per heavy atom. The van der Waals surface area contributed by atoms with Crippen LogP contribution in [-0.2, 0) is 9.53 Å². The predicted octanol–water partition coefficient (Wildman–Crippen LogP) is 2.25. The molecule has 1 aliphatic heterocycles. The number of carbonyl (C=O) groups is 1. The normalized spacial score (nSPS) is 23.6. The summed E-state index contributed by atoms with van der Waals surface area (Å²) in [5.74, 6) is -0.435. The molecular formula is C13H16O4. The number of aliphatic carboxylic acids is 1. The van der Waals surface area contributed by atoms with Gasteiger partial charge in [-0.25, -0.2) is 0 Å². The van der Waals surface area contributed by atoms with Crippen LogP contribution in [0.5, 0.6) is 5.75 Å². The molecule has 0 radical (unpaired) electrons. The van der Waals surface area contributed by atoms with Gasteiger partial charge in [-0.1, -0.05) is 12.1 Å². The van der Waals surface area contributed by atoms with Crippen LogP contribution >= 0.6 is 0 Å². The van der Waals surface area contributed by atoms with Crippen LogP contribution < -0.4 is 4.74 Å². The highest BCUT2D eigenvalue weighted by atomic mass is 16.5. The van der Waals surface area contributed by atoms with Crippen molar-refractivity contribution in [1.29, 1.82) is 0 Å². The largest absolute Gasteiger partial charge is 0.494 e. The fraction of sp³-hybridized carbons (Fsp3) is 0.462. The van der Waals surface area contributed by atoms with Crippen molar-refractivity contribution in [1.82, 2.24) is 0 Å². The van der Waals surface area contributed by atoms with E-state index in [1.165, 1.54) is 0 Å². The molecule has 1 heterocycles. The molecule has 2 atom stereocenters. The maximum atomic E-state index is 11.1. The van der Waals surface area contributed by atoms with E-state index >= 15 is 0 Å². The first-order chi connectivity index (χ1) is 8.22. The fourth-order valence-corrected chi connectivity index (χ4v) is 2.09. The summed E-state index contributed by atoms with van der Waals surface area (Å²) in [6.07, 6.45) is 0.246. The van der Waals surface area contributed by atoms with Crippen molar-refractivity contribution in [3.63, 3.8) is 0 Å². The van der Waals surface area contributed by atoms with E-state index in [1.807, 2.05) is 31.2 Å². The minimum Gasteiger partial charge on any atom is -0.494 e. The SMILES string of the molecule is CCOc1ccc(C2OCCC2C(=O)O)cc1. The Bertz CT molecular complexity index is 385.